The Hall–Kier alpha value is -2.79. The Kier molecular flexibility index (Phi) is 8.88. The van der Waals surface area contributed by atoms with Crippen LogP contribution in [0.5, 0.6) is 5.75 Å². The van der Waals surface area contributed by atoms with E-state index in [9.17, 15) is 23.4 Å². The van der Waals surface area contributed by atoms with Crippen molar-refractivity contribution in [2.24, 2.45) is 22.7 Å². The second kappa shape index (κ2) is 12.4. The Morgan fingerprint density at radius 2 is 1.55 bits per heavy atom. The Bertz CT molecular complexity index is 1670. The van der Waals surface area contributed by atoms with Gasteiger partial charge in [0, 0.05) is 29.6 Å². The van der Waals surface area contributed by atoms with Crippen LogP contribution in [0.2, 0.25) is 0 Å². The van der Waals surface area contributed by atoms with Gasteiger partial charge in [-0.2, -0.15) is 22.0 Å². The maximum Gasteiger partial charge on any atom is 0.456 e. The SMILES string of the molecule is COc1ccc(C/C=C/c2ccc([C@H]3C[C@@]4(C)[C@@H](CC[C@@]4(O)C(F)(F)C(F)(F)F)[C@@H]4CC[C@@]5(O)CC6(CCC5=C43)OCC(C)(C)CO6)cc2)cc1. The normalized spacial score (nSPS) is 34.7. The second-order valence-corrected chi connectivity index (χ2v) is 16.8. The fraction of sp³-hybridized carbons (Fsp3) is 0.610. The van der Waals surface area contributed by atoms with Crippen LogP contribution >= 0.6 is 0 Å². The fourth-order valence-electron chi connectivity index (χ4n) is 10.2. The van der Waals surface area contributed by atoms with Gasteiger partial charge in [-0.15, -0.1) is 0 Å². The van der Waals surface area contributed by atoms with E-state index in [0.29, 0.717) is 45.3 Å². The van der Waals surface area contributed by atoms with Crippen LogP contribution in [0.25, 0.3) is 6.08 Å². The van der Waals surface area contributed by atoms with Gasteiger partial charge in [0.2, 0.25) is 0 Å². The molecule has 2 N–H and O–H groups in total. The number of halogens is 5. The summed E-state index contributed by atoms with van der Waals surface area (Å²) in [5.74, 6) is -6.95. The third-order valence-electron chi connectivity index (χ3n) is 13.1. The van der Waals surface area contributed by atoms with Crippen LogP contribution in [0.4, 0.5) is 22.0 Å². The first-order valence-electron chi connectivity index (χ1n) is 18.2. The molecule has 7 rings (SSSR count). The van der Waals surface area contributed by atoms with Gasteiger partial charge in [0.1, 0.15) is 11.4 Å². The first-order chi connectivity index (χ1) is 23.9. The average Bonchev–Trinajstić information content (AvgIpc) is 3.36. The summed E-state index contributed by atoms with van der Waals surface area (Å²) in [4.78, 5) is 0. The highest BCUT2D eigenvalue weighted by atomic mass is 19.4. The molecule has 3 saturated carbocycles. The molecule has 0 radical (unpaired) electrons. The highest BCUT2D eigenvalue weighted by Crippen LogP contribution is 2.71. The summed E-state index contributed by atoms with van der Waals surface area (Å²) in [6.45, 7) is 6.55. The number of hydrogen-bond acceptors (Lipinski definition) is 5. The van der Waals surface area contributed by atoms with Gasteiger partial charge >= 0.3 is 12.1 Å². The predicted octanol–water partition coefficient (Wildman–Crippen LogP) is 9.17. The zero-order chi connectivity index (χ0) is 36.7. The van der Waals surface area contributed by atoms with Crippen LogP contribution in [-0.4, -0.2) is 59.6 Å². The Morgan fingerprint density at radius 3 is 2.18 bits per heavy atom. The molecular weight excluding hydrogens is 667 g/mol. The highest BCUT2D eigenvalue weighted by Gasteiger charge is 2.79. The molecule has 1 heterocycles. The average molecular weight is 717 g/mol. The molecule has 5 nitrogen and oxygen atoms in total. The topological polar surface area (TPSA) is 68.2 Å². The van der Waals surface area contributed by atoms with Crippen molar-refractivity contribution in [2.75, 3.05) is 20.3 Å². The molecule has 0 unspecified atom stereocenters. The number of methoxy groups -OCH3 is 1. The monoisotopic (exact) mass is 716 g/mol. The molecule has 6 atom stereocenters. The molecule has 2 aromatic rings. The minimum Gasteiger partial charge on any atom is -0.497 e. The molecule has 4 aliphatic carbocycles. The van der Waals surface area contributed by atoms with Crippen LogP contribution in [0.15, 0.2) is 65.8 Å². The van der Waals surface area contributed by atoms with Gasteiger partial charge in [-0.3, -0.25) is 0 Å². The lowest BCUT2D eigenvalue weighted by Gasteiger charge is -2.59. The largest absolute Gasteiger partial charge is 0.497 e. The van der Waals surface area contributed by atoms with Gasteiger partial charge < -0.3 is 24.4 Å². The Morgan fingerprint density at radius 1 is 0.882 bits per heavy atom. The number of rotatable bonds is 6. The smallest absolute Gasteiger partial charge is 0.456 e. The fourth-order valence-corrected chi connectivity index (χ4v) is 10.2. The van der Waals surface area contributed by atoms with Crippen molar-refractivity contribution < 1.29 is 46.4 Å². The van der Waals surface area contributed by atoms with Crippen LogP contribution in [-0.2, 0) is 15.9 Å². The van der Waals surface area contributed by atoms with E-state index >= 15 is 8.78 Å². The van der Waals surface area contributed by atoms with Crippen LogP contribution in [0.3, 0.4) is 0 Å². The molecule has 10 heteroatoms. The van der Waals surface area contributed by atoms with Gasteiger partial charge in [0.25, 0.3) is 0 Å². The molecule has 1 aliphatic heterocycles. The predicted molar refractivity (Wildman–Crippen MR) is 183 cm³/mol. The Balaban J connectivity index is 1.25. The Labute approximate surface area is 296 Å². The minimum atomic E-state index is -5.90. The summed E-state index contributed by atoms with van der Waals surface area (Å²) in [5.41, 5.74) is -1.82. The molecule has 0 aromatic heterocycles. The molecule has 0 amide bonds. The minimum absolute atomic E-state index is 0.0500. The van der Waals surface area contributed by atoms with E-state index in [0.717, 1.165) is 33.6 Å². The first kappa shape index (κ1) is 36.6. The lowest BCUT2D eigenvalue weighted by molar-refractivity contribution is -0.362. The van der Waals surface area contributed by atoms with Crippen molar-refractivity contribution in [2.45, 2.75) is 114 Å². The molecule has 2 aromatic carbocycles. The second-order valence-electron chi connectivity index (χ2n) is 16.8. The van der Waals surface area contributed by atoms with E-state index in [1.54, 1.807) is 7.11 Å². The number of allylic oxidation sites excluding steroid dienone is 2. The van der Waals surface area contributed by atoms with Gasteiger partial charge in [-0.1, -0.05) is 74.9 Å². The third-order valence-corrected chi connectivity index (χ3v) is 13.1. The van der Waals surface area contributed by atoms with Crippen LogP contribution in [0.1, 0.15) is 94.7 Å². The van der Waals surface area contributed by atoms with E-state index in [1.807, 2.05) is 60.7 Å². The first-order valence-corrected chi connectivity index (χ1v) is 18.2. The van der Waals surface area contributed by atoms with Gasteiger partial charge in [-0.25, -0.2) is 0 Å². The van der Waals surface area contributed by atoms with Gasteiger partial charge in [-0.05, 0) is 91.2 Å². The lowest BCUT2D eigenvalue weighted by Crippen LogP contribution is -2.65. The number of alkyl halides is 5. The number of aliphatic hydroxyl groups is 2. The van der Waals surface area contributed by atoms with Crippen molar-refractivity contribution in [3.05, 3.63) is 82.4 Å². The van der Waals surface area contributed by atoms with E-state index < -0.39 is 52.8 Å². The van der Waals surface area contributed by atoms with Crippen LogP contribution < -0.4 is 4.74 Å². The van der Waals surface area contributed by atoms with E-state index in [-0.39, 0.29) is 30.6 Å². The third kappa shape index (κ3) is 5.96. The van der Waals surface area contributed by atoms with E-state index in [1.165, 1.54) is 6.92 Å². The summed E-state index contributed by atoms with van der Waals surface area (Å²) in [6.07, 6.45) is 0.0951. The quantitative estimate of drug-likeness (QED) is 0.231. The highest BCUT2D eigenvalue weighted by molar-refractivity contribution is 5.52. The maximum atomic E-state index is 15.4. The molecule has 0 bridgehead atoms. The van der Waals surface area contributed by atoms with Gasteiger partial charge in [0.15, 0.2) is 5.79 Å². The molecule has 1 spiro atoms. The molecule has 5 aliphatic rings. The standard InChI is InChI=1S/C41H49F5O5/c1-35(2)24-50-38(51-25-35)20-17-33-34-30(16-19-37(33,47)23-38)32-18-21-39(48,40(42,43)41(44,45)46)36(32,3)22-31(34)28-12-8-26(9-13-28)6-5-7-27-10-14-29(49-4)15-11-27/h5-6,8-15,30-32,47-48H,7,16-25H2,1-4H3/b6-5+/t30-,31+,32-,36-,37+,39-/m0/s1. The van der Waals surface area contributed by atoms with E-state index in [2.05, 4.69) is 13.8 Å². The molecule has 4 fully saturated rings. The van der Waals surface area contributed by atoms with Crippen molar-refractivity contribution in [1.82, 2.24) is 0 Å². The van der Waals surface area contributed by atoms with E-state index in [4.69, 9.17) is 14.2 Å². The number of ether oxygens (including phenoxy) is 3. The summed E-state index contributed by atoms with van der Waals surface area (Å²) in [6, 6.07) is 15.5. The molecule has 1 saturated heterocycles. The summed E-state index contributed by atoms with van der Waals surface area (Å²) >= 11 is 0. The van der Waals surface area contributed by atoms with Crippen molar-refractivity contribution in [3.8, 4) is 5.75 Å². The zero-order valence-electron chi connectivity index (χ0n) is 29.8. The number of benzene rings is 2. The summed E-state index contributed by atoms with van der Waals surface area (Å²) in [7, 11) is 1.62. The van der Waals surface area contributed by atoms with Crippen molar-refractivity contribution in [1.29, 1.82) is 0 Å². The summed E-state index contributed by atoms with van der Waals surface area (Å²) < 4.78 is 90.7. The molecule has 278 valence electrons. The zero-order valence-corrected chi connectivity index (χ0v) is 29.8. The van der Waals surface area contributed by atoms with Gasteiger partial charge in [0.05, 0.1) is 25.9 Å². The maximum absolute atomic E-state index is 15.4. The number of fused-ring (bicyclic) bond motifs is 4. The summed E-state index contributed by atoms with van der Waals surface area (Å²) in [5, 5.41) is 24.0. The van der Waals surface area contributed by atoms with Crippen molar-refractivity contribution in [3.63, 3.8) is 0 Å². The van der Waals surface area contributed by atoms with Crippen molar-refractivity contribution >= 4 is 6.08 Å². The molecule has 51 heavy (non-hydrogen) atoms. The lowest BCUT2D eigenvalue weighted by atomic mass is 9.49. The number of hydrogen-bond donors (Lipinski definition) is 2. The van der Waals surface area contributed by atoms with Crippen LogP contribution in [0, 0.1) is 22.7 Å². The molecular formula is C41H49F5O5.